The lowest BCUT2D eigenvalue weighted by Crippen LogP contribution is -2.53. The number of hydrogen-bond donors (Lipinski definition) is 3. The van der Waals surface area contributed by atoms with Gasteiger partial charge in [-0.15, -0.1) is 0 Å². The fourth-order valence-corrected chi connectivity index (χ4v) is 2.24. The van der Waals surface area contributed by atoms with Crippen LogP contribution in [0.3, 0.4) is 0 Å². The smallest absolute Gasteiger partial charge is 0.404 e. The Hall–Kier alpha value is -1.31. The lowest BCUT2D eigenvalue weighted by atomic mass is 9.84. The molecule has 1 heterocycles. The molecule has 1 aliphatic rings. The van der Waals surface area contributed by atoms with Crippen LogP contribution in [0.1, 0.15) is 20.3 Å². The first kappa shape index (κ1) is 16.7. The first-order valence-corrected chi connectivity index (χ1v) is 6.40. The molecule has 0 radical (unpaired) electrons. The first-order chi connectivity index (χ1) is 9.12. The van der Waals surface area contributed by atoms with Gasteiger partial charge in [0.05, 0.1) is 5.92 Å². The normalized spacial score (nSPS) is 24.7. The van der Waals surface area contributed by atoms with E-state index in [0.29, 0.717) is 0 Å². The summed E-state index contributed by atoms with van der Waals surface area (Å²) < 4.78 is 39.3. The fraction of sp³-hybridized carbons (Fsp3) is 0.833. The number of carboxylic acid groups (broad SMARTS) is 1. The second-order valence-corrected chi connectivity index (χ2v) is 5.41. The summed E-state index contributed by atoms with van der Waals surface area (Å²) in [5.74, 6) is -3.47. The topological polar surface area (TPSA) is 78.4 Å². The van der Waals surface area contributed by atoms with E-state index in [1.807, 2.05) is 0 Å². The van der Waals surface area contributed by atoms with Gasteiger partial charge in [0.15, 0.2) is 5.41 Å². The number of alkyl halides is 3. The van der Waals surface area contributed by atoms with Crippen molar-refractivity contribution in [1.82, 2.24) is 10.6 Å². The number of aliphatic carboxylic acids is 1. The zero-order valence-corrected chi connectivity index (χ0v) is 11.4. The van der Waals surface area contributed by atoms with Crippen molar-refractivity contribution in [3.05, 3.63) is 0 Å². The molecule has 0 aromatic carbocycles. The van der Waals surface area contributed by atoms with Crippen LogP contribution in [0.15, 0.2) is 0 Å². The molecule has 0 aromatic heterocycles. The van der Waals surface area contributed by atoms with E-state index in [2.05, 4.69) is 10.6 Å². The zero-order chi connectivity index (χ0) is 15.6. The molecule has 1 amide bonds. The molecule has 0 bridgehead atoms. The Morgan fingerprint density at radius 2 is 2.00 bits per heavy atom. The highest BCUT2D eigenvalue weighted by atomic mass is 19.4. The number of rotatable bonds is 5. The molecule has 1 fully saturated rings. The first-order valence-electron chi connectivity index (χ1n) is 6.40. The van der Waals surface area contributed by atoms with Crippen molar-refractivity contribution in [2.45, 2.75) is 26.4 Å². The minimum Gasteiger partial charge on any atom is -0.481 e. The predicted molar refractivity (Wildman–Crippen MR) is 64.9 cm³/mol. The Morgan fingerprint density at radius 3 is 2.35 bits per heavy atom. The molecule has 0 aliphatic carbocycles. The van der Waals surface area contributed by atoms with Gasteiger partial charge in [0, 0.05) is 13.1 Å². The Labute approximate surface area is 114 Å². The van der Waals surface area contributed by atoms with Gasteiger partial charge in [0.25, 0.3) is 0 Å². The molecule has 2 atom stereocenters. The van der Waals surface area contributed by atoms with E-state index < -0.39 is 35.9 Å². The largest absolute Gasteiger partial charge is 0.481 e. The molecule has 0 saturated carbocycles. The van der Waals surface area contributed by atoms with Crippen molar-refractivity contribution < 1.29 is 27.9 Å². The third kappa shape index (κ3) is 3.23. The molecule has 0 aromatic rings. The van der Waals surface area contributed by atoms with Crippen LogP contribution in [0.5, 0.6) is 0 Å². The number of amides is 1. The van der Waals surface area contributed by atoms with Crippen LogP contribution in [0.25, 0.3) is 0 Å². The van der Waals surface area contributed by atoms with Gasteiger partial charge in [-0.25, -0.2) is 0 Å². The lowest BCUT2D eigenvalue weighted by molar-refractivity contribution is -0.216. The van der Waals surface area contributed by atoms with Crippen LogP contribution in [0.4, 0.5) is 13.2 Å². The molecule has 0 spiro atoms. The summed E-state index contributed by atoms with van der Waals surface area (Å²) in [4.78, 5) is 22.9. The summed E-state index contributed by atoms with van der Waals surface area (Å²) in [6.07, 6.45) is -4.99. The fourth-order valence-electron chi connectivity index (χ4n) is 2.24. The van der Waals surface area contributed by atoms with E-state index in [1.165, 1.54) is 0 Å². The van der Waals surface area contributed by atoms with E-state index >= 15 is 0 Å². The monoisotopic (exact) mass is 296 g/mol. The molecule has 2 unspecified atom stereocenters. The third-order valence-electron chi connectivity index (χ3n) is 3.74. The van der Waals surface area contributed by atoms with Crippen LogP contribution in [-0.4, -0.2) is 42.8 Å². The molecule has 5 nitrogen and oxygen atoms in total. The lowest BCUT2D eigenvalue weighted by Gasteiger charge is -2.30. The number of carboxylic acids is 1. The van der Waals surface area contributed by atoms with Crippen LogP contribution < -0.4 is 10.6 Å². The van der Waals surface area contributed by atoms with Crippen molar-refractivity contribution in [3.63, 3.8) is 0 Å². The summed E-state index contributed by atoms with van der Waals surface area (Å²) in [5.41, 5.74) is -2.45. The van der Waals surface area contributed by atoms with Gasteiger partial charge in [-0.05, 0) is 18.9 Å². The van der Waals surface area contributed by atoms with Crippen molar-refractivity contribution in [3.8, 4) is 0 Å². The Balaban J connectivity index is 2.76. The number of halogens is 3. The number of nitrogens with one attached hydrogen (secondary N) is 2. The van der Waals surface area contributed by atoms with Gasteiger partial charge in [-0.2, -0.15) is 13.2 Å². The van der Waals surface area contributed by atoms with E-state index in [0.717, 1.165) is 0 Å². The van der Waals surface area contributed by atoms with Gasteiger partial charge < -0.3 is 15.7 Å². The van der Waals surface area contributed by atoms with Crippen LogP contribution in [-0.2, 0) is 9.59 Å². The highest BCUT2D eigenvalue weighted by Gasteiger charge is 2.61. The second-order valence-electron chi connectivity index (χ2n) is 5.41. The van der Waals surface area contributed by atoms with Gasteiger partial charge in [0.2, 0.25) is 5.91 Å². The van der Waals surface area contributed by atoms with E-state index in [9.17, 15) is 22.8 Å². The highest BCUT2D eigenvalue weighted by molar-refractivity contribution is 5.84. The molecule has 116 valence electrons. The van der Waals surface area contributed by atoms with Crippen molar-refractivity contribution in [2.75, 3.05) is 19.6 Å². The second kappa shape index (κ2) is 5.99. The summed E-state index contributed by atoms with van der Waals surface area (Å²) in [6.45, 7) is 2.62. The van der Waals surface area contributed by atoms with Gasteiger partial charge in [0.1, 0.15) is 0 Å². The van der Waals surface area contributed by atoms with Crippen LogP contribution in [0.2, 0.25) is 0 Å². The maximum atomic E-state index is 13.1. The highest BCUT2D eigenvalue weighted by Crippen LogP contribution is 2.43. The molecule has 1 saturated heterocycles. The standard InChI is InChI=1S/C12H19F3N2O3/c1-7(2)8(9(18)19)5-17-10(20)11(12(13,14)15)3-4-16-6-11/h7-8,16H,3-6H2,1-2H3,(H,17,20)(H,18,19). The Bertz CT molecular complexity index is 377. The van der Waals surface area contributed by atoms with Gasteiger partial charge in [-0.3, -0.25) is 9.59 Å². The summed E-state index contributed by atoms with van der Waals surface area (Å²) in [7, 11) is 0. The molecular weight excluding hydrogens is 277 g/mol. The van der Waals surface area contributed by atoms with Crippen molar-refractivity contribution in [2.24, 2.45) is 17.3 Å². The van der Waals surface area contributed by atoms with Crippen LogP contribution >= 0.6 is 0 Å². The average molecular weight is 296 g/mol. The molecular formula is C12H19F3N2O3. The quantitative estimate of drug-likeness (QED) is 0.707. The summed E-state index contributed by atoms with van der Waals surface area (Å²) in [5, 5.41) is 13.7. The maximum Gasteiger partial charge on any atom is 0.404 e. The summed E-state index contributed by atoms with van der Waals surface area (Å²) in [6, 6.07) is 0. The molecule has 8 heteroatoms. The molecule has 1 rings (SSSR count). The van der Waals surface area contributed by atoms with E-state index in [-0.39, 0.29) is 25.4 Å². The van der Waals surface area contributed by atoms with Gasteiger partial charge >= 0.3 is 12.1 Å². The summed E-state index contributed by atoms with van der Waals surface area (Å²) >= 11 is 0. The minimum absolute atomic E-state index is 0.111. The number of carbonyl (C=O) groups excluding carboxylic acids is 1. The van der Waals surface area contributed by atoms with Crippen LogP contribution in [0, 0.1) is 17.3 Å². The third-order valence-corrected chi connectivity index (χ3v) is 3.74. The minimum atomic E-state index is -4.66. The SMILES string of the molecule is CC(C)C(CNC(=O)C1(C(F)(F)F)CCNC1)C(=O)O. The number of hydrogen-bond acceptors (Lipinski definition) is 3. The zero-order valence-electron chi connectivity index (χ0n) is 11.4. The maximum absolute atomic E-state index is 13.1. The molecule has 20 heavy (non-hydrogen) atoms. The van der Waals surface area contributed by atoms with Gasteiger partial charge in [-0.1, -0.05) is 13.8 Å². The van der Waals surface area contributed by atoms with E-state index in [4.69, 9.17) is 5.11 Å². The average Bonchev–Trinajstić information content (AvgIpc) is 2.77. The molecule has 1 aliphatic heterocycles. The molecule has 3 N–H and O–H groups in total. The Morgan fingerprint density at radius 1 is 1.40 bits per heavy atom. The Kier molecular flexibility index (Phi) is 5.01. The van der Waals surface area contributed by atoms with E-state index in [1.54, 1.807) is 13.8 Å². The van der Waals surface area contributed by atoms with Crippen molar-refractivity contribution >= 4 is 11.9 Å². The predicted octanol–water partition coefficient (Wildman–Crippen LogP) is 1.00. The number of carbonyl (C=O) groups is 2. The van der Waals surface area contributed by atoms with Crippen molar-refractivity contribution in [1.29, 1.82) is 0 Å².